The lowest BCUT2D eigenvalue weighted by Gasteiger charge is -2.21. The Morgan fingerprint density at radius 3 is 1.88 bits per heavy atom. The number of carboxylic acids is 1. The molecule has 0 saturated heterocycles. The molecule has 0 fully saturated rings. The van der Waals surface area contributed by atoms with Crippen molar-refractivity contribution in [3.63, 3.8) is 0 Å². The van der Waals surface area contributed by atoms with E-state index in [1.54, 1.807) is 31.2 Å². The van der Waals surface area contributed by atoms with Gasteiger partial charge < -0.3 is 29.2 Å². The summed E-state index contributed by atoms with van der Waals surface area (Å²) in [6, 6.07) is 6.58. The maximum Gasteiger partial charge on any atom is 0.344 e. The summed E-state index contributed by atoms with van der Waals surface area (Å²) < 4.78 is 23.4. The van der Waals surface area contributed by atoms with Crippen molar-refractivity contribution in [2.75, 3.05) is 26.4 Å². The summed E-state index contributed by atoms with van der Waals surface area (Å²) in [5.41, 5.74) is 2.08. The molecule has 0 aliphatic carbocycles. The third-order valence-corrected chi connectivity index (χ3v) is 6.50. The van der Waals surface area contributed by atoms with Crippen LogP contribution in [0.4, 0.5) is 0 Å². The molecule has 1 atom stereocenters. The number of phenolic OH excluding ortho intramolecular Hbond substituents is 1. The van der Waals surface area contributed by atoms with E-state index in [0.717, 1.165) is 12.8 Å². The molecular weight excluding hydrogens is 528 g/mol. The average Bonchev–Trinajstić information content (AvgIpc) is 2.93. The van der Waals surface area contributed by atoms with Crippen LogP contribution in [-0.4, -0.2) is 60.3 Å². The Balaban J connectivity index is 1.89. The standard InChI is InChI=1S/C32H44O9/c1-6-11-25-28(15-13-23(21(4)33)30(25)35)39-19-9-17-38-18-10-20-40-31-24(22(5)34)14-16-29(26(31)12-7-2)41-27(8-3)32(36)37/h13-16,27,35H,6-12,17-20H2,1-5H3,(H,36,37). The monoisotopic (exact) mass is 572 g/mol. The summed E-state index contributed by atoms with van der Waals surface area (Å²) in [5, 5.41) is 19.9. The SMILES string of the molecule is CCCc1c(OCCCOCCCOc2c(C(C)=O)ccc(OC(CC)C(=O)O)c2CCC)ccc(C(C)=O)c1O. The molecule has 2 N–H and O–H groups in total. The zero-order valence-electron chi connectivity index (χ0n) is 24.9. The number of hydrogen-bond donors (Lipinski definition) is 2. The van der Waals surface area contributed by atoms with Crippen molar-refractivity contribution in [3.8, 4) is 23.0 Å². The second kappa shape index (κ2) is 17.3. The maximum atomic E-state index is 12.3. The third kappa shape index (κ3) is 9.78. The van der Waals surface area contributed by atoms with Gasteiger partial charge in [0.2, 0.25) is 0 Å². The highest BCUT2D eigenvalue weighted by Crippen LogP contribution is 2.35. The fraction of sp³-hybridized carbons (Fsp3) is 0.531. The zero-order valence-corrected chi connectivity index (χ0v) is 24.9. The Hall–Kier alpha value is -3.59. The molecule has 9 heteroatoms. The van der Waals surface area contributed by atoms with Crippen molar-refractivity contribution >= 4 is 17.5 Å². The minimum Gasteiger partial charge on any atom is -0.507 e. The molecule has 226 valence electrons. The number of Topliss-reactive ketones (excluding diaryl/α,β-unsaturated/α-hetero) is 2. The highest BCUT2D eigenvalue weighted by molar-refractivity contribution is 5.98. The van der Waals surface area contributed by atoms with E-state index in [4.69, 9.17) is 18.9 Å². The molecule has 2 aromatic carbocycles. The summed E-state index contributed by atoms with van der Waals surface area (Å²) in [4.78, 5) is 35.5. The van der Waals surface area contributed by atoms with E-state index in [0.29, 0.717) is 98.0 Å². The van der Waals surface area contributed by atoms with Crippen molar-refractivity contribution in [2.45, 2.75) is 85.7 Å². The van der Waals surface area contributed by atoms with E-state index in [1.165, 1.54) is 13.8 Å². The van der Waals surface area contributed by atoms with Gasteiger partial charge in [0.25, 0.3) is 0 Å². The number of phenols is 1. The molecule has 1 unspecified atom stereocenters. The number of hydrogen-bond acceptors (Lipinski definition) is 8. The molecule has 9 nitrogen and oxygen atoms in total. The third-order valence-electron chi connectivity index (χ3n) is 6.50. The Morgan fingerprint density at radius 2 is 1.32 bits per heavy atom. The van der Waals surface area contributed by atoms with Crippen molar-refractivity contribution in [3.05, 3.63) is 46.5 Å². The number of carbonyl (C=O) groups excluding carboxylic acids is 2. The van der Waals surface area contributed by atoms with Crippen molar-refractivity contribution in [1.29, 1.82) is 0 Å². The molecule has 0 heterocycles. The Kier molecular flexibility index (Phi) is 14.2. The normalized spacial score (nSPS) is 11.6. The summed E-state index contributed by atoms with van der Waals surface area (Å²) in [6.45, 7) is 10.3. The zero-order chi connectivity index (χ0) is 30.4. The molecule has 0 amide bonds. The number of aliphatic carboxylic acids is 1. The van der Waals surface area contributed by atoms with E-state index in [2.05, 4.69) is 0 Å². The fourth-order valence-corrected chi connectivity index (χ4v) is 4.42. The van der Waals surface area contributed by atoms with Crippen LogP contribution in [0.1, 0.15) is 98.6 Å². The van der Waals surface area contributed by atoms with Gasteiger partial charge in [0.1, 0.15) is 23.0 Å². The van der Waals surface area contributed by atoms with Crippen LogP contribution in [0.2, 0.25) is 0 Å². The van der Waals surface area contributed by atoms with Crippen LogP contribution >= 0.6 is 0 Å². The minimum atomic E-state index is -1.04. The smallest absolute Gasteiger partial charge is 0.344 e. The topological polar surface area (TPSA) is 129 Å². The van der Waals surface area contributed by atoms with Crippen molar-refractivity contribution < 1.29 is 43.5 Å². The maximum absolute atomic E-state index is 12.3. The van der Waals surface area contributed by atoms with Gasteiger partial charge in [0.15, 0.2) is 17.7 Å². The summed E-state index contributed by atoms with van der Waals surface area (Å²) >= 11 is 0. The van der Waals surface area contributed by atoms with Crippen LogP contribution in [0, 0.1) is 0 Å². The van der Waals surface area contributed by atoms with Gasteiger partial charge in [0.05, 0.1) is 24.3 Å². The number of ketones is 2. The van der Waals surface area contributed by atoms with Crippen LogP contribution in [0.15, 0.2) is 24.3 Å². The first-order chi connectivity index (χ1) is 19.7. The van der Waals surface area contributed by atoms with Gasteiger partial charge in [-0.3, -0.25) is 9.59 Å². The lowest BCUT2D eigenvalue weighted by Crippen LogP contribution is -2.26. The van der Waals surface area contributed by atoms with Crippen LogP contribution < -0.4 is 14.2 Å². The van der Waals surface area contributed by atoms with Crippen molar-refractivity contribution in [2.24, 2.45) is 0 Å². The van der Waals surface area contributed by atoms with Crippen LogP contribution in [0.3, 0.4) is 0 Å². The molecule has 41 heavy (non-hydrogen) atoms. The first-order valence-corrected chi connectivity index (χ1v) is 14.4. The molecule has 2 rings (SSSR count). The molecule has 0 aliphatic heterocycles. The van der Waals surface area contributed by atoms with E-state index in [9.17, 15) is 24.6 Å². The quantitative estimate of drug-likeness (QED) is 0.141. The first-order valence-electron chi connectivity index (χ1n) is 14.4. The highest BCUT2D eigenvalue weighted by Gasteiger charge is 2.23. The fourth-order valence-electron chi connectivity index (χ4n) is 4.42. The summed E-state index contributed by atoms with van der Waals surface area (Å²) in [6.07, 6.45) is 3.31. The van der Waals surface area contributed by atoms with Crippen LogP contribution in [-0.2, 0) is 22.4 Å². The van der Waals surface area contributed by atoms with Gasteiger partial charge in [-0.1, -0.05) is 33.6 Å². The van der Waals surface area contributed by atoms with Crippen LogP contribution in [0.5, 0.6) is 23.0 Å². The van der Waals surface area contributed by atoms with Gasteiger partial charge in [-0.05, 0) is 57.4 Å². The largest absolute Gasteiger partial charge is 0.507 e. The van der Waals surface area contributed by atoms with E-state index < -0.39 is 12.1 Å². The lowest BCUT2D eigenvalue weighted by atomic mass is 10.0. The minimum absolute atomic E-state index is 0.00714. The van der Waals surface area contributed by atoms with Gasteiger partial charge in [-0.25, -0.2) is 4.79 Å². The number of carboxylic acid groups (broad SMARTS) is 1. The summed E-state index contributed by atoms with van der Waals surface area (Å²) in [5.74, 6) is 0.0557. The second-order valence-corrected chi connectivity index (χ2v) is 9.84. The van der Waals surface area contributed by atoms with Gasteiger partial charge in [-0.2, -0.15) is 0 Å². The summed E-state index contributed by atoms with van der Waals surface area (Å²) in [7, 11) is 0. The Labute approximate surface area is 242 Å². The van der Waals surface area contributed by atoms with Gasteiger partial charge in [-0.15, -0.1) is 0 Å². The van der Waals surface area contributed by atoms with Crippen LogP contribution in [0.25, 0.3) is 0 Å². The van der Waals surface area contributed by atoms with Gasteiger partial charge >= 0.3 is 5.97 Å². The first kappa shape index (κ1) is 33.6. The van der Waals surface area contributed by atoms with Gasteiger partial charge in [0, 0.05) is 37.2 Å². The molecule has 0 bridgehead atoms. The number of rotatable bonds is 20. The van der Waals surface area contributed by atoms with E-state index in [1.807, 2.05) is 13.8 Å². The number of aromatic hydroxyl groups is 1. The highest BCUT2D eigenvalue weighted by atomic mass is 16.5. The van der Waals surface area contributed by atoms with E-state index in [-0.39, 0.29) is 17.3 Å². The Bertz CT molecular complexity index is 1170. The average molecular weight is 573 g/mol. The van der Waals surface area contributed by atoms with Crippen molar-refractivity contribution in [1.82, 2.24) is 0 Å². The predicted molar refractivity (Wildman–Crippen MR) is 156 cm³/mol. The Morgan fingerprint density at radius 1 is 0.756 bits per heavy atom. The predicted octanol–water partition coefficient (Wildman–Crippen LogP) is 6.20. The molecular formula is C32H44O9. The molecule has 0 radical (unpaired) electrons. The lowest BCUT2D eigenvalue weighted by molar-refractivity contribution is -0.145. The molecule has 0 spiro atoms. The number of carbonyl (C=O) groups is 3. The molecule has 0 aliphatic rings. The molecule has 0 saturated carbocycles. The van der Waals surface area contributed by atoms with E-state index >= 15 is 0 Å². The molecule has 0 aromatic heterocycles. The second-order valence-electron chi connectivity index (χ2n) is 9.84. The number of benzene rings is 2. The number of ether oxygens (including phenoxy) is 4. The molecule has 2 aromatic rings.